The van der Waals surface area contributed by atoms with E-state index >= 15 is 0 Å². The zero-order chi connectivity index (χ0) is 29.5. The summed E-state index contributed by atoms with van der Waals surface area (Å²) in [5.74, 6) is -0.400. The van der Waals surface area contributed by atoms with Gasteiger partial charge in [-0.05, 0) is 61.0 Å². The first-order chi connectivity index (χ1) is 20.5. The molecule has 0 atom stereocenters. The maximum Gasteiger partial charge on any atom is 0.338 e. The topological polar surface area (TPSA) is 87.6 Å². The fourth-order valence-electron chi connectivity index (χ4n) is 5.19. The molecule has 0 spiro atoms. The van der Waals surface area contributed by atoms with Gasteiger partial charge in [-0.2, -0.15) is 5.11 Å². The minimum absolute atomic E-state index is 0.0462. The molecule has 0 fully saturated rings. The lowest BCUT2D eigenvalue weighted by atomic mass is 10.0. The third-order valence-electron chi connectivity index (χ3n) is 7.59. The first-order valence-corrected chi connectivity index (χ1v) is 15.1. The monoisotopic (exact) mass is 565 g/mol. The van der Waals surface area contributed by atoms with E-state index in [1.54, 1.807) is 24.3 Å². The molecule has 7 nitrogen and oxygen atoms in total. The van der Waals surface area contributed by atoms with Gasteiger partial charge in [0.2, 0.25) is 0 Å². The van der Waals surface area contributed by atoms with Crippen LogP contribution in [-0.2, 0) is 4.74 Å². The van der Waals surface area contributed by atoms with E-state index in [4.69, 9.17) is 9.15 Å². The van der Waals surface area contributed by atoms with Gasteiger partial charge in [0.25, 0.3) is 0 Å². The summed E-state index contributed by atoms with van der Waals surface area (Å²) in [5, 5.41) is 23.8. The second-order valence-electron chi connectivity index (χ2n) is 10.7. The molecule has 0 aliphatic heterocycles. The smallest absolute Gasteiger partial charge is 0.338 e. The van der Waals surface area contributed by atoms with E-state index in [1.165, 1.54) is 0 Å². The van der Waals surface area contributed by atoms with E-state index in [2.05, 4.69) is 47.2 Å². The van der Waals surface area contributed by atoms with Gasteiger partial charge in [0.05, 0.1) is 17.9 Å². The second kappa shape index (κ2) is 13.5. The molecule has 0 unspecified atom stereocenters. The minimum atomic E-state index is -0.354. The highest BCUT2D eigenvalue weighted by Gasteiger charge is 2.21. The van der Waals surface area contributed by atoms with Crippen molar-refractivity contribution in [2.24, 2.45) is 10.2 Å². The number of unbranched alkanes of at least 4 members (excludes halogenated alkanes) is 3. The maximum atomic E-state index is 12.2. The molecule has 0 radical (unpaired) electrons. The molecule has 0 bridgehead atoms. The van der Waals surface area contributed by atoms with E-state index in [1.807, 2.05) is 31.2 Å². The SMILES string of the molecule is CCCCOC(=O)c1ccc(N=Nc2c(O)c3oc4cc(N(CCCC)CCCC)ccc4c3c3ccccc23)cc1. The number of rotatable bonds is 13. The molecule has 42 heavy (non-hydrogen) atoms. The van der Waals surface area contributed by atoms with Crippen molar-refractivity contribution >= 4 is 55.7 Å². The Hall–Kier alpha value is -4.39. The summed E-state index contributed by atoms with van der Waals surface area (Å²) < 4.78 is 11.6. The summed E-state index contributed by atoms with van der Waals surface area (Å²) in [4.78, 5) is 14.7. The molecule has 0 amide bonds. The van der Waals surface area contributed by atoms with Crippen LogP contribution in [0.3, 0.4) is 0 Å². The Morgan fingerprint density at radius 1 is 0.833 bits per heavy atom. The summed E-state index contributed by atoms with van der Waals surface area (Å²) in [5.41, 5.74) is 3.62. The van der Waals surface area contributed by atoms with E-state index in [-0.39, 0.29) is 11.7 Å². The molecule has 5 rings (SSSR count). The zero-order valence-electron chi connectivity index (χ0n) is 24.7. The van der Waals surface area contributed by atoms with Crippen molar-refractivity contribution in [2.75, 3.05) is 24.6 Å². The van der Waals surface area contributed by atoms with Gasteiger partial charge in [0, 0.05) is 41.0 Å². The third kappa shape index (κ3) is 6.10. The van der Waals surface area contributed by atoms with Crippen molar-refractivity contribution < 1.29 is 19.1 Å². The number of phenols is 1. The van der Waals surface area contributed by atoms with Crippen molar-refractivity contribution in [1.82, 2.24) is 0 Å². The van der Waals surface area contributed by atoms with Crippen LogP contribution in [0.25, 0.3) is 32.7 Å². The van der Waals surface area contributed by atoms with Gasteiger partial charge in [0.1, 0.15) is 11.3 Å². The molecule has 1 heterocycles. The Balaban J connectivity index is 1.52. The number of nitrogens with zero attached hydrogens (tertiary/aromatic N) is 3. The van der Waals surface area contributed by atoms with Crippen LogP contribution in [0, 0.1) is 0 Å². The number of hydrogen-bond acceptors (Lipinski definition) is 7. The number of ether oxygens (including phenoxy) is 1. The van der Waals surface area contributed by atoms with E-state index in [0.717, 1.165) is 84.4 Å². The summed E-state index contributed by atoms with van der Waals surface area (Å²) in [6, 6.07) is 21.0. The van der Waals surface area contributed by atoms with E-state index in [9.17, 15) is 9.90 Å². The number of fused-ring (bicyclic) bond motifs is 5. The highest BCUT2D eigenvalue weighted by molar-refractivity contribution is 6.23. The van der Waals surface area contributed by atoms with Crippen molar-refractivity contribution in [1.29, 1.82) is 0 Å². The average molecular weight is 566 g/mol. The number of furan rings is 1. The van der Waals surface area contributed by atoms with Crippen LogP contribution in [0.5, 0.6) is 5.75 Å². The number of carbonyl (C=O) groups is 1. The van der Waals surface area contributed by atoms with Crippen LogP contribution < -0.4 is 4.90 Å². The summed E-state index contributed by atoms with van der Waals surface area (Å²) in [6.07, 6.45) is 6.35. The molecule has 0 saturated carbocycles. The number of hydrogen-bond donors (Lipinski definition) is 1. The van der Waals surface area contributed by atoms with Crippen molar-refractivity contribution in [3.63, 3.8) is 0 Å². The quantitative estimate of drug-likeness (QED) is 0.0871. The molecule has 1 aromatic heterocycles. The summed E-state index contributed by atoms with van der Waals surface area (Å²) in [6.45, 7) is 8.88. The zero-order valence-corrected chi connectivity index (χ0v) is 24.7. The molecule has 218 valence electrons. The fraction of sp³-hybridized carbons (Fsp3) is 0.343. The van der Waals surface area contributed by atoms with Gasteiger partial charge >= 0.3 is 5.97 Å². The standard InChI is InChI=1S/C35H39N3O4/c1-4-7-20-38(21-8-5-2)26-18-19-29-30(23-26)42-34-31(29)27-12-10-11-13-28(27)32(33(34)39)37-36-25-16-14-24(15-17-25)35(40)41-22-9-6-3/h10-19,23,39H,4-9,20-22H2,1-3H3. The van der Waals surface area contributed by atoms with Gasteiger partial charge in [-0.1, -0.05) is 64.3 Å². The van der Waals surface area contributed by atoms with E-state index < -0.39 is 0 Å². The molecular formula is C35H39N3O4. The Kier molecular flexibility index (Phi) is 9.37. The normalized spacial score (nSPS) is 11.7. The lowest BCUT2D eigenvalue weighted by molar-refractivity contribution is 0.0499. The van der Waals surface area contributed by atoms with E-state index in [0.29, 0.717) is 29.1 Å². The van der Waals surface area contributed by atoms with Crippen LogP contribution in [0.2, 0.25) is 0 Å². The minimum Gasteiger partial charge on any atom is -0.503 e. The van der Waals surface area contributed by atoms with Crippen LogP contribution in [0.15, 0.2) is 81.4 Å². The highest BCUT2D eigenvalue weighted by atomic mass is 16.5. The number of azo groups is 1. The first-order valence-electron chi connectivity index (χ1n) is 15.1. The molecule has 1 N–H and O–H groups in total. The predicted molar refractivity (Wildman–Crippen MR) is 171 cm³/mol. The van der Waals surface area contributed by atoms with Gasteiger partial charge < -0.3 is 19.2 Å². The second-order valence-corrected chi connectivity index (χ2v) is 10.7. The van der Waals surface area contributed by atoms with Crippen LogP contribution in [0.4, 0.5) is 17.1 Å². The average Bonchev–Trinajstić information content (AvgIpc) is 3.41. The number of anilines is 1. The highest BCUT2D eigenvalue weighted by Crippen LogP contribution is 2.47. The Morgan fingerprint density at radius 3 is 2.21 bits per heavy atom. The van der Waals surface area contributed by atoms with Gasteiger partial charge in [0.15, 0.2) is 11.3 Å². The van der Waals surface area contributed by atoms with Gasteiger partial charge in [-0.3, -0.25) is 0 Å². The molecule has 0 aliphatic rings. The Morgan fingerprint density at radius 2 is 1.52 bits per heavy atom. The lowest BCUT2D eigenvalue weighted by Crippen LogP contribution is -2.25. The number of carbonyl (C=O) groups excluding carboxylic acids is 1. The molecule has 7 heteroatoms. The molecule has 0 saturated heterocycles. The molecule has 0 aliphatic carbocycles. The van der Waals surface area contributed by atoms with Crippen LogP contribution in [-0.4, -0.2) is 30.8 Å². The van der Waals surface area contributed by atoms with Crippen LogP contribution >= 0.6 is 0 Å². The summed E-state index contributed by atoms with van der Waals surface area (Å²) in [7, 11) is 0. The predicted octanol–water partition coefficient (Wildman–Crippen LogP) is 10.2. The largest absolute Gasteiger partial charge is 0.503 e. The lowest BCUT2D eigenvalue weighted by Gasteiger charge is -2.24. The number of esters is 1. The number of phenolic OH excluding ortho intramolecular Hbond substituents is 1. The van der Waals surface area contributed by atoms with Gasteiger partial charge in [-0.15, -0.1) is 5.11 Å². The molecule has 4 aromatic carbocycles. The molecule has 5 aromatic rings. The van der Waals surface area contributed by atoms with Crippen LogP contribution in [0.1, 0.15) is 69.7 Å². The van der Waals surface area contributed by atoms with Crippen molar-refractivity contribution in [3.8, 4) is 5.75 Å². The van der Waals surface area contributed by atoms with Crippen molar-refractivity contribution in [2.45, 2.75) is 59.3 Å². The number of benzene rings is 4. The summed E-state index contributed by atoms with van der Waals surface area (Å²) >= 11 is 0. The van der Waals surface area contributed by atoms with Gasteiger partial charge in [-0.25, -0.2) is 4.79 Å². The molecular weight excluding hydrogens is 526 g/mol. The maximum absolute atomic E-state index is 12.2. The Labute approximate surface area is 246 Å². The first kappa shape index (κ1) is 29.1. The number of aromatic hydroxyl groups is 1. The third-order valence-corrected chi connectivity index (χ3v) is 7.59. The fourth-order valence-corrected chi connectivity index (χ4v) is 5.19. The van der Waals surface area contributed by atoms with Crippen molar-refractivity contribution in [3.05, 3.63) is 72.3 Å². The Bertz CT molecular complexity index is 1700.